The maximum Gasteiger partial charge on any atom is 0.228 e. The van der Waals surface area contributed by atoms with E-state index in [0.717, 1.165) is 27.4 Å². The zero-order valence-corrected chi connectivity index (χ0v) is 19.1. The molecular weight excluding hydrogens is 402 g/mol. The smallest absolute Gasteiger partial charge is 0.228 e. The second-order valence-electron chi connectivity index (χ2n) is 9.66. The Bertz CT molecular complexity index is 1540. The van der Waals surface area contributed by atoms with Crippen molar-refractivity contribution in [3.63, 3.8) is 0 Å². The highest BCUT2D eigenvalue weighted by atomic mass is 16.3. The van der Waals surface area contributed by atoms with Crippen LogP contribution in [0.3, 0.4) is 0 Å². The van der Waals surface area contributed by atoms with Crippen molar-refractivity contribution in [2.75, 3.05) is 0 Å². The van der Waals surface area contributed by atoms with Gasteiger partial charge in [0.05, 0.1) is 5.56 Å². The molecule has 5 aromatic carbocycles. The van der Waals surface area contributed by atoms with Gasteiger partial charge >= 0.3 is 0 Å². The van der Waals surface area contributed by atoms with Gasteiger partial charge in [-0.2, -0.15) is 0 Å². The topological polar surface area (TPSA) is 26.0 Å². The maximum atomic E-state index is 6.26. The maximum absolute atomic E-state index is 6.26. The Hall–Kier alpha value is -3.91. The highest BCUT2D eigenvalue weighted by Gasteiger charge is 2.20. The van der Waals surface area contributed by atoms with Crippen molar-refractivity contribution in [3.05, 3.63) is 103 Å². The molecule has 0 atom stereocenters. The lowest BCUT2D eigenvalue weighted by atomic mass is 9.84. The molecule has 0 saturated carbocycles. The number of oxazole rings is 1. The van der Waals surface area contributed by atoms with E-state index in [4.69, 9.17) is 9.40 Å². The molecule has 0 aliphatic heterocycles. The van der Waals surface area contributed by atoms with Crippen LogP contribution in [-0.4, -0.2) is 4.98 Å². The zero-order chi connectivity index (χ0) is 22.6. The normalized spacial score (nSPS) is 12.1. The number of hydrogen-bond acceptors (Lipinski definition) is 2. The summed E-state index contributed by atoms with van der Waals surface area (Å²) in [5.41, 5.74) is 6.67. The van der Waals surface area contributed by atoms with Crippen LogP contribution in [0.4, 0.5) is 0 Å². The average molecular weight is 428 g/mol. The van der Waals surface area contributed by atoms with E-state index in [9.17, 15) is 0 Å². The predicted molar refractivity (Wildman–Crippen MR) is 139 cm³/mol. The van der Waals surface area contributed by atoms with Crippen molar-refractivity contribution >= 4 is 32.6 Å². The molecule has 0 amide bonds. The molecule has 0 saturated heterocycles. The molecule has 0 aliphatic carbocycles. The lowest BCUT2D eigenvalue weighted by molar-refractivity contribution is 0.590. The third kappa shape index (κ3) is 3.22. The van der Waals surface area contributed by atoms with Crippen LogP contribution in [0.5, 0.6) is 0 Å². The Morgan fingerprint density at radius 1 is 0.576 bits per heavy atom. The van der Waals surface area contributed by atoms with Crippen LogP contribution in [-0.2, 0) is 5.41 Å². The van der Waals surface area contributed by atoms with Gasteiger partial charge < -0.3 is 4.42 Å². The van der Waals surface area contributed by atoms with Crippen molar-refractivity contribution in [1.29, 1.82) is 0 Å². The minimum absolute atomic E-state index is 0.124. The Labute approximate surface area is 193 Å². The fourth-order valence-electron chi connectivity index (χ4n) is 4.79. The third-order valence-corrected chi connectivity index (χ3v) is 6.48. The highest BCUT2D eigenvalue weighted by Crippen LogP contribution is 2.44. The SMILES string of the molecule is CC(C)(C)c1ccc(-c2c3ccccc3c(-c3nc4ccccc4o3)c3ccccc23)cc1. The van der Waals surface area contributed by atoms with E-state index < -0.39 is 0 Å². The van der Waals surface area contributed by atoms with Gasteiger partial charge in [-0.3, -0.25) is 0 Å². The summed E-state index contributed by atoms with van der Waals surface area (Å²) in [5, 5.41) is 4.71. The fourth-order valence-corrected chi connectivity index (χ4v) is 4.79. The number of para-hydroxylation sites is 2. The number of aromatic nitrogens is 1. The monoisotopic (exact) mass is 427 g/mol. The van der Waals surface area contributed by atoms with Gasteiger partial charge in [0.15, 0.2) is 5.58 Å². The van der Waals surface area contributed by atoms with Crippen LogP contribution >= 0.6 is 0 Å². The molecule has 0 radical (unpaired) electrons. The summed E-state index contributed by atoms with van der Waals surface area (Å²) >= 11 is 0. The molecule has 1 heterocycles. The van der Waals surface area contributed by atoms with Gasteiger partial charge in [0, 0.05) is 0 Å². The number of nitrogens with zero attached hydrogens (tertiary/aromatic N) is 1. The quantitative estimate of drug-likeness (QED) is 0.258. The van der Waals surface area contributed by atoms with E-state index >= 15 is 0 Å². The van der Waals surface area contributed by atoms with E-state index in [1.54, 1.807) is 0 Å². The Kier molecular flexibility index (Phi) is 4.38. The minimum Gasteiger partial charge on any atom is -0.436 e. The zero-order valence-electron chi connectivity index (χ0n) is 19.1. The molecule has 1 aromatic heterocycles. The van der Waals surface area contributed by atoms with Gasteiger partial charge in [0.2, 0.25) is 5.89 Å². The second kappa shape index (κ2) is 7.31. The highest BCUT2D eigenvalue weighted by molar-refractivity contribution is 6.20. The van der Waals surface area contributed by atoms with Crippen LogP contribution in [0.15, 0.2) is 101 Å². The summed E-state index contributed by atoms with van der Waals surface area (Å²) in [7, 11) is 0. The summed E-state index contributed by atoms with van der Waals surface area (Å²) in [6.45, 7) is 6.76. The van der Waals surface area contributed by atoms with Crippen LogP contribution in [0.1, 0.15) is 26.3 Å². The average Bonchev–Trinajstić information content (AvgIpc) is 3.25. The van der Waals surface area contributed by atoms with Gasteiger partial charge in [0.1, 0.15) is 5.52 Å². The molecule has 0 bridgehead atoms. The van der Waals surface area contributed by atoms with Crippen molar-refractivity contribution in [2.24, 2.45) is 0 Å². The standard InChI is InChI=1S/C31H25NO/c1-31(2,3)21-18-16-20(17-19-21)28-22-10-4-6-12-24(22)29(25-13-7-5-11-23(25)28)30-32-26-14-8-9-15-27(26)33-30/h4-19H,1-3H3. The van der Waals surface area contributed by atoms with Gasteiger partial charge in [-0.25, -0.2) is 4.98 Å². The predicted octanol–water partition coefficient (Wildman–Crippen LogP) is 8.77. The minimum atomic E-state index is 0.124. The van der Waals surface area contributed by atoms with Gasteiger partial charge in [-0.1, -0.05) is 106 Å². The van der Waals surface area contributed by atoms with Crippen molar-refractivity contribution in [2.45, 2.75) is 26.2 Å². The van der Waals surface area contributed by atoms with Gasteiger partial charge in [-0.05, 0) is 55.8 Å². The first-order chi connectivity index (χ1) is 16.0. The van der Waals surface area contributed by atoms with E-state index in [2.05, 4.69) is 93.6 Å². The van der Waals surface area contributed by atoms with Crippen LogP contribution < -0.4 is 0 Å². The molecule has 0 spiro atoms. The first kappa shape index (κ1) is 19.8. The molecule has 6 rings (SSSR count). The first-order valence-electron chi connectivity index (χ1n) is 11.4. The summed E-state index contributed by atoms with van der Waals surface area (Å²) in [5.74, 6) is 0.665. The Morgan fingerprint density at radius 3 is 1.64 bits per heavy atom. The summed E-state index contributed by atoms with van der Waals surface area (Å²) in [6.07, 6.45) is 0. The second-order valence-corrected chi connectivity index (χ2v) is 9.66. The number of hydrogen-bond donors (Lipinski definition) is 0. The van der Waals surface area contributed by atoms with Crippen LogP contribution in [0.25, 0.3) is 55.2 Å². The molecule has 160 valence electrons. The largest absolute Gasteiger partial charge is 0.436 e. The van der Waals surface area contributed by atoms with Gasteiger partial charge in [0.25, 0.3) is 0 Å². The van der Waals surface area contributed by atoms with Crippen molar-refractivity contribution in [1.82, 2.24) is 4.98 Å². The number of rotatable bonds is 2. The van der Waals surface area contributed by atoms with E-state index in [-0.39, 0.29) is 5.41 Å². The van der Waals surface area contributed by atoms with Crippen molar-refractivity contribution < 1.29 is 4.42 Å². The summed E-state index contributed by atoms with van der Waals surface area (Å²) < 4.78 is 6.26. The third-order valence-electron chi connectivity index (χ3n) is 6.48. The first-order valence-corrected chi connectivity index (χ1v) is 11.4. The van der Waals surface area contributed by atoms with Crippen LogP contribution in [0.2, 0.25) is 0 Å². The van der Waals surface area contributed by atoms with E-state index in [1.165, 1.54) is 27.5 Å². The Morgan fingerprint density at radius 2 is 1.09 bits per heavy atom. The molecule has 33 heavy (non-hydrogen) atoms. The molecule has 6 aromatic rings. The molecule has 2 heteroatoms. The fraction of sp³-hybridized carbons (Fsp3) is 0.129. The lowest BCUT2D eigenvalue weighted by Gasteiger charge is -2.20. The van der Waals surface area contributed by atoms with Crippen molar-refractivity contribution in [3.8, 4) is 22.6 Å². The van der Waals surface area contributed by atoms with E-state index in [1.807, 2.05) is 24.3 Å². The molecule has 0 fully saturated rings. The molecule has 0 unspecified atom stereocenters. The lowest BCUT2D eigenvalue weighted by Crippen LogP contribution is -2.10. The summed E-state index contributed by atoms with van der Waals surface area (Å²) in [6, 6.07) is 34.2. The molecule has 0 aliphatic rings. The summed E-state index contributed by atoms with van der Waals surface area (Å²) in [4.78, 5) is 4.86. The number of benzene rings is 5. The van der Waals surface area contributed by atoms with E-state index in [0.29, 0.717) is 5.89 Å². The van der Waals surface area contributed by atoms with Gasteiger partial charge in [-0.15, -0.1) is 0 Å². The Balaban J connectivity index is 1.70. The molecular formula is C31H25NO. The number of fused-ring (bicyclic) bond motifs is 3. The molecule has 0 N–H and O–H groups in total. The van der Waals surface area contributed by atoms with Crippen LogP contribution in [0, 0.1) is 0 Å². The molecule has 2 nitrogen and oxygen atoms in total.